The molecule has 0 aliphatic heterocycles. The maximum atomic E-state index is 6.02. The molecule has 172 valence electrons. The van der Waals surface area contributed by atoms with Gasteiger partial charge >= 0.3 is 0 Å². The Morgan fingerprint density at radius 2 is 1.61 bits per heavy atom. The maximum absolute atomic E-state index is 6.02. The molecule has 0 N–H and O–H groups in total. The van der Waals surface area contributed by atoms with E-state index in [4.69, 9.17) is 19.2 Å². The number of hydrogen-bond donors (Lipinski definition) is 0. The number of methoxy groups -OCH3 is 2. The minimum atomic E-state index is 0.710. The summed E-state index contributed by atoms with van der Waals surface area (Å²) in [7, 11) is 3.32. The van der Waals surface area contributed by atoms with Crippen molar-refractivity contribution in [3.63, 3.8) is 0 Å². The van der Waals surface area contributed by atoms with E-state index in [0.29, 0.717) is 6.61 Å². The van der Waals surface area contributed by atoms with Crippen molar-refractivity contribution in [1.82, 2.24) is 9.55 Å². The van der Waals surface area contributed by atoms with Gasteiger partial charge in [-0.3, -0.25) is 0 Å². The standard InChI is InChI=1S/C28H32N2O3/c1-20-11-13-25(21(2)17-20)33-16-8-7-15-30-24-10-6-5-9-23(24)29-28(30)19-22-12-14-26(31-3)27(18-22)32-4/h5-6,9-14,17-18H,7-8,15-16,19H2,1-4H3. The van der Waals surface area contributed by atoms with Crippen molar-refractivity contribution in [3.8, 4) is 17.2 Å². The van der Waals surface area contributed by atoms with Gasteiger partial charge in [-0.1, -0.05) is 35.9 Å². The van der Waals surface area contributed by atoms with Gasteiger partial charge in [0.1, 0.15) is 11.6 Å². The van der Waals surface area contributed by atoms with Gasteiger partial charge in [0.25, 0.3) is 0 Å². The van der Waals surface area contributed by atoms with Crippen molar-refractivity contribution in [3.05, 3.63) is 83.2 Å². The molecule has 0 bridgehead atoms. The van der Waals surface area contributed by atoms with Crippen LogP contribution in [0.15, 0.2) is 60.7 Å². The van der Waals surface area contributed by atoms with Crippen molar-refractivity contribution in [2.75, 3.05) is 20.8 Å². The zero-order valence-electron chi connectivity index (χ0n) is 19.9. The first kappa shape index (κ1) is 22.7. The van der Waals surface area contributed by atoms with Gasteiger partial charge in [-0.2, -0.15) is 0 Å². The summed E-state index contributed by atoms with van der Waals surface area (Å²) < 4.78 is 19.2. The number of nitrogens with zero attached hydrogens (tertiary/aromatic N) is 2. The Bertz CT molecular complexity index is 1230. The summed E-state index contributed by atoms with van der Waals surface area (Å²) in [5, 5.41) is 0. The lowest BCUT2D eigenvalue weighted by atomic mass is 10.1. The fourth-order valence-corrected chi connectivity index (χ4v) is 4.20. The Morgan fingerprint density at radius 1 is 0.818 bits per heavy atom. The van der Waals surface area contributed by atoms with E-state index < -0.39 is 0 Å². The highest BCUT2D eigenvalue weighted by molar-refractivity contribution is 5.76. The average molecular weight is 445 g/mol. The van der Waals surface area contributed by atoms with E-state index in [1.54, 1.807) is 14.2 Å². The molecule has 0 saturated carbocycles. The second-order valence-electron chi connectivity index (χ2n) is 8.36. The van der Waals surface area contributed by atoms with Gasteiger partial charge in [0, 0.05) is 13.0 Å². The van der Waals surface area contributed by atoms with E-state index in [2.05, 4.69) is 60.9 Å². The van der Waals surface area contributed by atoms with Gasteiger partial charge in [0.05, 0.1) is 31.9 Å². The summed E-state index contributed by atoms with van der Waals surface area (Å²) in [6, 6.07) is 20.7. The molecule has 0 spiro atoms. The predicted octanol–water partition coefficient (Wildman–Crippen LogP) is 6.12. The minimum absolute atomic E-state index is 0.710. The summed E-state index contributed by atoms with van der Waals surface area (Å²) >= 11 is 0. The summed E-state index contributed by atoms with van der Waals surface area (Å²) in [4.78, 5) is 4.93. The molecular weight excluding hydrogens is 412 g/mol. The smallest absolute Gasteiger partial charge is 0.161 e. The third-order valence-corrected chi connectivity index (χ3v) is 5.91. The van der Waals surface area contributed by atoms with Crippen LogP contribution in [0, 0.1) is 13.8 Å². The lowest BCUT2D eigenvalue weighted by Crippen LogP contribution is -2.07. The predicted molar refractivity (Wildman–Crippen MR) is 133 cm³/mol. The number of aryl methyl sites for hydroxylation is 3. The van der Waals surface area contributed by atoms with Crippen LogP contribution in [0.2, 0.25) is 0 Å². The first-order valence-electron chi connectivity index (χ1n) is 11.4. The summed E-state index contributed by atoms with van der Waals surface area (Å²) in [6.45, 7) is 5.81. The lowest BCUT2D eigenvalue weighted by Gasteiger charge is -2.12. The molecule has 5 nitrogen and oxygen atoms in total. The van der Waals surface area contributed by atoms with Crippen LogP contribution < -0.4 is 14.2 Å². The van der Waals surface area contributed by atoms with Crippen LogP contribution in [0.3, 0.4) is 0 Å². The molecule has 5 heteroatoms. The van der Waals surface area contributed by atoms with E-state index in [0.717, 1.165) is 60.0 Å². The van der Waals surface area contributed by atoms with Crippen LogP contribution in [0.25, 0.3) is 11.0 Å². The highest BCUT2D eigenvalue weighted by atomic mass is 16.5. The number of para-hydroxylation sites is 2. The first-order chi connectivity index (χ1) is 16.1. The Labute approximate surface area is 195 Å². The molecule has 0 aliphatic rings. The maximum Gasteiger partial charge on any atom is 0.161 e. The van der Waals surface area contributed by atoms with Gasteiger partial charge in [-0.05, 0) is 68.1 Å². The summed E-state index contributed by atoms with van der Waals surface area (Å²) in [6.07, 6.45) is 2.73. The summed E-state index contributed by atoms with van der Waals surface area (Å²) in [5.74, 6) is 3.50. The van der Waals surface area contributed by atoms with Crippen molar-refractivity contribution < 1.29 is 14.2 Å². The molecule has 4 aromatic rings. The van der Waals surface area contributed by atoms with Crippen LogP contribution >= 0.6 is 0 Å². The van der Waals surface area contributed by atoms with Crippen molar-refractivity contribution in [2.24, 2.45) is 0 Å². The monoisotopic (exact) mass is 444 g/mol. The Morgan fingerprint density at radius 3 is 2.39 bits per heavy atom. The average Bonchev–Trinajstić information content (AvgIpc) is 3.17. The zero-order chi connectivity index (χ0) is 23.2. The molecule has 0 unspecified atom stereocenters. The van der Waals surface area contributed by atoms with Gasteiger partial charge in [-0.15, -0.1) is 0 Å². The van der Waals surface area contributed by atoms with Crippen molar-refractivity contribution in [1.29, 1.82) is 0 Å². The molecule has 33 heavy (non-hydrogen) atoms. The van der Waals surface area contributed by atoms with Crippen LogP contribution in [0.4, 0.5) is 0 Å². The van der Waals surface area contributed by atoms with Gasteiger partial charge < -0.3 is 18.8 Å². The number of hydrogen-bond acceptors (Lipinski definition) is 4. The Kier molecular flexibility index (Phi) is 7.18. The summed E-state index contributed by atoms with van der Waals surface area (Å²) in [5.41, 5.74) is 5.78. The van der Waals surface area contributed by atoms with Crippen LogP contribution in [0.5, 0.6) is 17.2 Å². The van der Waals surface area contributed by atoms with Gasteiger partial charge in [-0.25, -0.2) is 4.98 Å². The molecule has 0 fully saturated rings. The second-order valence-corrected chi connectivity index (χ2v) is 8.36. The van der Waals surface area contributed by atoms with E-state index in [1.165, 1.54) is 16.6 Å². The zero-order valence-corrected chi connectivity index (χ0v) is 19.9. The van der Waals surface area contributed by atoms with Crippen LogP contribution in [-0.2, 0) is 13.0 Å². The molecule has 0 radical (unpaired) electrons. The number of imidazole rings is 1. The fraction of sp³-hybridized carbons (Fsp3) is 0.321. The molecule has 0 saturated heterocycles. The highest BCUT2D eigenvalue weighted by Gasteiger charge is 2.13. The van der Waals surface area contributed by atoms with E-state index in [9.17, 15) is 0 Å². The molecule has 1 aromatic heterocycles. The van der Waals surface area contributed by atoms with Gasteiger partial charge in [0.15, 0.2) is 11.5 Å². The minimum Gasteiger partial charge on any atom is -0.493 e. The number of unbranched alkanes of at least 4 members (excludes halogenated alkanes) is 1. The largest absolute Gasteiger partial charge is 0.493 e. The molecule has 0 aliphatic carbocycles. The number of ether oxygens (including phenoxy) is 3. The molecule has 4 rings (SSSR count). The normalized spacial score (nSPS) is 11.0. The molecule has 0 atom stereocenters. The quantitative estimate of drug-likeness (QED) is 0.276. The fourth-order valence-electron chi connectivity index (χ4n) is 4.20. The van der Waals surface area contributed by atoms with E-state index in [-0.39, 0.29) is 0 Å². The third kappa shape index (κ3) is 5.30. The molecule has 0 amide bonds. The van der Waals surface area contributed by atoms with Crippen LogP contribution in [0.1, 0.15) is 35.4 Å². The topological polar surface area (TPSA) is 45.5 Å². The van der Waals surface area contributed by atoms with Crippen LogP contribution in [-0.4, -0.2) is 30.4 Å². The Hall–Kier alpha value is -3.47. The SMILES string of the molecule is COc1ccc(Cc2nc3ccccc3n2CCCCOc2ccc(C)cc2C)cc1OC. The highest BCUT2D eigenvalue weighted by Crippen LogP contribution is 2.29. The number of rotatable bonds is 10. The molecular formula is C28H32N2O3. The number of aromatic nitrogens is 2. The molecule has 3 aromatic carbocycles. The second kappa shape index (κ2) is 10.4. The van der Waals surface area contributed by atoms with Gasteiger partial charge in [0.2, 0.25) is 0 Å². The lowest BCUT2D eigenvalue weighted by molar-refractivity contribution is 0.301. The number of benzene rings is 3. The third-order valence-electron chi connectivity index (χ3n) is 5.91. The van der Waals surface area contributed by atoms with E-state index >= 15 is 0 Å². The van der Waals surface area contributed by atoms with Crippen molar-refractivity contribution >= 4 is 11.0 Å². The number of fused-ring (bicyclic) bond motifs is 1. The van der Waals surface area contributed by atoms with Crippen molar-refractivity contribution in [2.45, 2.75) is 39.7 Å². The first-order valence-corrected chi connectivity index (χ1v) is 11.4. The molecule has 1 heterocycles. The van der Waals surface area contributed by atoms with E-state index in [1.807, 2.05) is 18.2 Å². The Balaban J connectivity index is 1.45.